The fourth-order valence-corrected chi connectivity index (χ4v) is 4.52. The maximum Gasteiger partial charge on any atom is 0.225 e. The lowest BCUT2D eigenvalue weighted by Gasteiger charge is -2.42. The zero-order valence-corrected chi connectivity index (χ0v) is 19.0. The third-order valence-corrected chi connectivity index (χ3v) is 6.09. The summed E-state index contributed by atoms with van der Waals surface area (Å²) in [6, 6.07) is 7.16. The number of carbonyl (C=O) groups excluding carboxylic acids is 1. The van der Waals surface area contributed by atoms with Crippen molar-refractivity contribution in [2.24, 2.45) is 5.73 Å². The van der Waals surface area contributed by atoms with Gasteiger partial charge in [0.05, 0.1) is 13.0 Å². The van der Waals surface area contributed by atoms with E-state index in [-0.39, 0.29) is 13.0 Å². The fraction of sp³-hybridized carbons (Fsp3) is 0.522. The van der Waals surface area contributed by atoms with Gasteiger partial charge in [0.1, 0.15) is 18.0 Å². The van der Waals surface area contributed by atoms with E-state index in [9.17, 15) is 4.79 Å². The minimum absolute atomic E-state index is 0.0778. The minimum atomic E-state index is -0.818. The first kappa shape index (κ1) is 22.8. The Labute approximate surface area is 193 Å². The molecule has 2 N–H and O–H groups in total. The molecule has 1 amide bonds. The Balaban J connectivity index is 1.40. The average Bonchev–Trinajstić information content (AvgIpc) is 2.79. The maximum absolute atomic E-state index is 11.8. The third-order valence-electron chi connectivity index (χ3n) is 5.86. The molecule has 8 nitrogen and oxygen atoms in total. The summed E-state index contributed by atoms with van der Waals surface area (Å²) in [5.41, 5.74) is 5.75. The van der Waals surface area contributed by atoms with Crippen LogP contribution in [0.4, 0.5) is 5.95 Å². The quantitative estimate of drug-likeness (QED) is 0.648. The number of hydrogen-bond acceptors (Lipinski definition) is 7. The number of primary amides is 1. The van der Waals surface area contributed by atoms with E-state index in [0.29, 0.717) is 30.5 Å². The molecule has 9 heteroatoms. The van der Waals surface area contributed by atoms with Crippen molar-refractivity contribution in [2.75, 3.05) is 44.3 Å². The van der Waals surface area contributed by atoms with Crippen LogP contribution in [0.5, 0.6) is 5.75 Å². The standard InChI is InChI=1S/C23H30ClN5O3/c24-19-5-4-6-20(11-19)31-17-23(12-21(25)30)16-28(9-10-32-23)15-18-13-26-22(27-14-18)29-7-2-1-3-8-29/h4-6,11,13-14H,1-3,7-10,12,15-17H2,(H2,25,30). The molecule has 172 valence electrons. The first-order valence-corrected chi connectivity index (χ1v) is 11.5. The molecule has 2 saturated heterocycles. The second kappa shape index (κ2) is 10.5. The van der Waals surface area contributed by atoms with Gasteiger partial charge in [-0.05, 0) is 37.5 Å². The number of halogens is 1. The summed E-state index contributed by atoms with van der Waals surface area (Å²) in [6.07, 6.45) is 7.53. The number of rotatable bonds is 8. The molecule has 1 atom stereocenters. The molecule has 0 aliphatic carbocycles. The number of hydrogen-bond donors (Lipinski definition) is 1. The Kier molecular flexibility index (Phi) is 7.44. The van der Waals surface area contributed by atoms with Crippen molar-refractivity contribution in [3.05, 3.63) is 47.2 Å². The van der Waals surface area contributed by atoms with Gasteiger partial charge in [0, 0.05) is 55.7 Å². The van der Waals surface area contributed by atoms with E-state index in [1.807, 2.05) is 24.5 Å². The third kappa shape index (κ3) is 6.09. The molecule has 0 saturated carbocycles. The van der Waals surface area contributed by atoms with E-state index < -0.39 is 11.5 Å². The number of morpholine rings is 1. The summed E-state index contributed by atoms with van der Waals surface area (Å²) in [6.45, 7) is 4.66. The first-order valence-electron chi connectivity index (χ1n) is 11.1. The number of aromatic nitrogens is 2. The van der Waals surface area contributed by atoms with Crippen molar-refractivity contribution in [3.63, 3.8) is 0 Å². The number of benzene rings is 1. The van der Waals surface area contributed by atoms with Crippen LogP contribution in [0.3, 0.4) is 0 Å². The van der Waals surface area contributed by atoms with Crippen LogP contribution in [-0.4, -0.2) is 65.8 Å². The molecule has 2 fully saturated rings. The van der Waals surface area contributed by atoms with Crippen LogP contribution >= 0.6 is 11.6 Å². The number of piperidine rings is 1. The van der Waals surface area contributed by atoms with Gasteiger partial charge in [0.2, 0.25) is 11.9 Å². The van der Waals surface area contributed by atoms with Crippen molar-refractivity contribution < 1.29 is 14.3 Å². The van der Waals surface area contributed by atoms with Crippen molar-refractivity contribution in [1.29, 1.82) is 0 Å². The fourth-order valence-electron chi connectivity index (χ4n) is 4.34. The van der Waals surface area contributed by atoms with Gasteiger partial charge in [-0.2, -0.15) is 0 Å². The molecule has 3 heterocycles. The molecular weight excluding hydrogens is 430 g/mol. The molecule has 1 unspecified atom stereocenters. The van der Waals surface area contributed by atoms with Crippen LogP contribution in [0.25, 0.3) is 0 Å². The van der Waals surface area contributed by atoms with Gasteiger partial charge < -0.3 is 20.1 Å². The zero-order chi connectivity index (χ0) is 22.4. The van der Waals surface area contributed by atoms with Crippen molar-refractivity contribution >= 4 is 23.5 Å². The van der Waals surface area contributed by atoms with Crippen molar-refractivity contribution in [3.8, 4) is 5.75 Å². The van der Waals surface area contributed by atoms with Crippen LogP contribution in [0.2, 0.25) is 5.02 Å². The van der Waals surface area contributed by atoms with Crippen molar-refractivity contribution in [1.82, 2.24) is 14.9 Å². The van der Waals surface area contributed by atoms with Crippen LogP contribution in [-0.2, 0) is 16.1 Å². The second-order valence-corrected chi connectivity index (χ2v) is 9.01. The normalized spacial score (nSPS) is 22.0. The monoisotopic (exact) mass is 459 g/mol. The molecule has 2 aliphatic rings. The van der Waals surface area contributed by atoms with Crippen LogP contribution in [0, 0.1) is 0 Å². The Morgan fingerprint density at radius 2 is 1.97 bits per heavy atom. The highest BCUT2D eigenvalue weighted by atomic mass is 35.5. The highest BCUT2D eigenvalue weighted by Gasteiger charge is 2.39. The average molecular weight is 460 g/mol. The summed E-state index contributed by atoms with van der Waals surface area (Å²) >= 11 is 6.05. The molecule has 2 aliphatic heterocycles. The number of nitrogens with zero attached hydrogens (tertiary/aromatic N) is 4. The van der Waals surface area contributed by atoms with Crippen LogP contribution in [0.15, 0.2) is 36.7 Å². The van der Waals surface area contributed by atoms with Gasteiger partial charge in [-0.1, -0.05) is 17.7 Å². The van der Waals surface area contributed by atoms with Crippen LogP contribution < -0.4 is 15.4 Å². The lowest BCUT2D eigenvalue weighted by atomic mass is 9.97. The first-order chi connectivity index (χ1) is 15.5. The van der Waals surface area contributed by atoms with E-state index in [0.717, 1.165) is 31.1 Å². The van der Waals surface area contributed by atoms with E-state index in [1.165, 1.54) is 19.3 Å². The summed E-state index contributed by atoms with van der Waals surface area (Å²) in [4.78, 5) is 25.5. The lowest BCUT2D eigenvalue weighted by molar-refractivity contribution is -0.148. The molecule has 2 aromatic rings. The molecule has 0 spiro atoms. The summed E-state index contributed by atoms with van der Waals surface area (Å²) in [5, 5.41) is 0.589. The minimum Gasteiger partial charge on any atom is -0.490 e. The largest absolute Gasteiger partial charge is 0.490 e. The van der Waals surface area contributed by atoms with Gasteiger partial charge in [0.25, 0.3) is 0 Å². The Morgan fingerprint density at radius 3 is 2.69 bits per heavy atom. The number of ether oxygens (including phenoxy) is 2. The second-order valence-electron chi connectivity index (χ2n) is 8.57. The topological polar surface area (TPSA) is 93.8 Å². The molecule has 1 aromatic carbocycles. The Bertz CT molecular complexity index is 907. The van der Waals surface area contributed by atoms with E-state index in [2.05, 4.69) is 19.8 Å². The summed E-state index contributed by atoms with van der Waals surface area (Å²) < 4.78 is 12.0. The van der Waals surface area contributed by atoms with E-state index in [1.54, 1.807) is 12.1 Å². The van der Waals surface area contributed by atoms with Crippen LogP contribution in [0.1, 0.15) is 31.2 Å². The SMILES string of the molecule is NC(=O)CC1(COc2cccc(Cl)c2)CN(Cc2cnc(N3CCCCC3)nc2)CCO1. The lowest BCUT2D eigenvalue weighted by Crippen LogP contribution is -2.56. The molecule has 0 radical (unpaired) electrons. The van der Waals surface area contributed by atoms with E-state index >= 15 is 0 Å². The zero-order valence-electron chi connectivity index (χ0n) is 18.2. The van der Waals surface area contributed by atoms with Gasteiger partial charge in [-0.3, -0.25) is 9.69 Å². The molecule has 1 aromatic heterocycles. The predicted octanol–water partition coefficient (Wildman–Crippen LogP) is 2.65. The summed E-state index contributed by atoms with van der Waals surface area (Å²) in [7, 11) is 0. The molecule has 4 rings (SSSR count). The number of carbonyl (C=O) groups is 1. The molecule has 0 bridgehead atoms. The number of nitrogens with two attached hydrogens (primary N) is 1. The highest BCUT2D eigenvalue weighted by Crippen LogP contribution is 2.26. The number of anilines is 1. The maximum atomic E-state index is 11.8. The van der Waals surface area contributed by atoms with Gasteiger partial charge in [-0.15, -0.1) is 0 Å². The molecule has 32 heavy (non-hydrogen) atoms. The Hall–Kier alpha value is -2.42. The van der Waals surface area contributed by atoms with Gasteiger partial charge >= 0.3 is 0 Å². The highest BCUT2D eigenvalue weighted by molar-refractivity contribution is 6.30. The smallest absolute Gasteiger partial charge is 0.225 e. The van der Waals surface area contributed by atoms with Gasteiger partial charge in [0.15, 0.2) is 0 Å². The van der Waals surface area contributed by atoms with Crippen molar-refractivity contribution in [2.45, 2.75) is 37.8 Å². The summed E-state index contributed by atoms with van der Waals surface area (Å²) in [5.74, 6) is 1.01. The Morgan fingerprint density at radius 1 is 1.19 bits per heavy atom. The molecular formula is C23H30ClN5O3. The predicted molar refractivity (Wildman–Crippen MR) is 123 cm³/mol. The van der Waals surface area contributed by atoms with Gasteiger partial charge in [-0.25, -0.2) is 9.97 Å². The number of amides is 1. The van der Waals surface area contributed by atoms with E-state index in [4.69, 9.17) is 26.8 Å².